The van der Waals surface area contributed by atoms with Crippen LogP contribution in [-0.2, 0) is 4.74 Å². The van der Waals surface area contributed by atoms with Crippen LogP contribution in [0.15, 0.2) is 24.5 Å². The van der Waals surface area contributed by atoms with Crippen LogP contribution in [0.25, 0.3) is 10.9 Å². The topological polar surface area (TPSA) is 68.1 Å². The number of nitrogens with one attached hydrogen (secondary N) is 1. The molecule has 0 spiro atoms. The second-order valence-corrected chi connectivity index (χ2v) is 10.1. The Hall–Kier alpha value is -2.36. The zero-order chi connectivity index (χ0) is 23.4. The monoisotopic (exact) mass is 488 g/mol. The Morgan fingerprint density at radius 2 is 1.97 bits per heavy atom. The largest absolute Gasteiger partial charge is 0.380 e. The molecule has 4 heterocycles. The number of alkyl halides is 2. The smallest absolute Gasteiger partial charge is 0.272 e. The molecule has 34 heavy (non-hydrogen) atoms. The highest BCUT2D eigenvalue weighted by Gasteiger charge is 2.59. The van der Waals surface area contributed by atoms with E-state index < -0.39 is 12.0 Å². The molecule has 0 bridgehead atoms. The molecule has 1 aromatic carbocycles. The van der Waals surface area contributed by atoms with Gasteiger partial charge in [0, 0.05) is 35.7 Å². The molecule has 1 saturated carbocycles. The van der Waals surface area contributed by atoms with Gasteiger partial charge in [-0.25, -0.2) is 18.7 Å². The number of rotatable bonds is 5. The van der Waals surface area contributed by atoms with Crippen molar-refractivity contribution >= 4 is 34.1 Å². The molecule has 2 aliphatic heterocycles. The summed E-state index contributed by atoms with van der Waals surface area (Å²) >= 11 is 6.67. The Balaban J connectivity index is 1.20. The normalized spacial score (nSPS) is 25.2. The first-order valence-corrected chi connectivity index (χ1v) is 12.2. The Labute approximate surface area is 201 Å². The summed E-state index contributed by atoms with van der Waals surface area (Å²) in [5, 5.41) is 8.90. The van der Waals surface area contributed by atoms with E-state index in [-0.39, 0.29) is 6.42 Å². The van der Waals surface area contributed by atoms with E-state index >= 15 is 0 Å². The number of benzene rings is 1. The van der Waals surface area contributed by atoms with Gasteiger partial charge in [-0.3, -0.25) is 9.58 Å². The number of hydrogen-bond acceptors (Lipinski definition) is 6. The van der Waals surface area contributed by atoms with Gasteiger partial charge < -0.3 is 10.1 Å². The highest BCUT2D eigenvalue weighted by molar-refractivity contribution is 6.32. The highest BCUT2D eigenvalue weighted by atomic mass is 35.5. The SMILES string of the molecule is Cc1c(Nc2ncc3cc(Cl)c(C4CCN(C5CCOC5)CC4)cc3n2)cnn1C1CC1(F)F. The van der Waals surface area contributed by atoms with Crippen molar-refractivity contribution in [2.24, 2.45) is 0 Å². The molecule has 1 aliphatic carbocycles. The number of fused-ring (bicyclic) bond motifs is 1. The van der Waals surface area contributed by atoms with Gasteiger partial charge in [0.2, 0.25) is 5.95 Å². The molecule has 3 aromatic rings. The lowest BCUT2D eigenvalue weighted by atomic mass is 9.88. The minimum absolute atomic E-state index is 0.168. The molecular formula is C24H27ClF2N6O. The lowest BCUT2D eigenvalue weighted by Gasteiger charge is -2.35. The zero-order valence-corrected chi connectivity index (χ0v) is 19.7. The average Bonchev–Trinajstić information content (AvgIpc) is 3.17. The predicted molar refractivity (Wildman–Crippen MR) is 126 cm³/mol. The molecule has 3 fully saturated rings. The molecule has 2 aromatic heterocycles. The molecule has 0 radical (unpaired) electrons. The van der Waals surface area contributed by atoms with Crippen molar-refractivity contribution in [2.75, 3.05) is 31.6 Å². The average molecular weight is 489 g/mol. The third-order valence-corrected chi connectivity index (χ3v) is 7.80. The minimum Gasteiger partial charge on any atom is -0.380 e. The molecule has 7 nitrogen and oxygen atoms in total. The second kappa shape index (κ2) is 8.39. The molecule has 1 N–H and O–H groups in total. The molecule has 10 heteroatoms. The van der Waals surface area contributed by atoms with Crippen LogP contribution in [0.4, 0.5) is 20.4 Å². The van der Waals surface area contributed by atoms with E-state index in [4.69, 9.17) is 21.3 Å². The Morgan fingerprint density at radius 1 is 1.18 bits per heavy atom. The Morgan fingerprint density at radius 3 is 2.68 bits per heavy atom. The number of ether oxygens (including phenoxy) is 1. The number of nitrogens with zero attached hydrogens (tertiary/aromatic N) is 5. The van der Waals surface area contributed by atoms with Gasteiger partial charge in [-0.05, 0) is 62.9 Å². The fourth-order valence-corrected chi connectivity index (χ4v) is 5.60. The molecule has 2 saturated heterocycles. The highest BCUT2D eigenvalue weighted by Crippen LogP contribution is 2.53. The van der Waals surface area contributed by atoms with Gasteiger partial charge in [-0.15, -0.1) is 0 Å². The van der Waals surface area contributed by atoms with E-state index in [1.807, 2.05) is 6.07 Å². The molecule has 2 atom stereocenters. The summed E-state index contributed by atoms with van der Waals surface area (Å²) in [6.07, 6.45) is 6.35. The van der Waals surface area contributed by atoms with Crippen molar-refractivity contribution < 1.29 is 13.5 Å². The van der Waals surface area contributed by atoms with Crippen LogP contribution in [0.1, 0.15) is 48.9 Å². The van der Waals surface area contributed by atoms with Gasteiger partial charge >= 0.3 is 0 Å². The van der Waals surface area contributed by atoms with Crippen LogP contribution in [0.3, 0.4) is 0 Å². The van der Waals surface area contributed by atoms with E-state index in [0.29, 0.717) is 29.3 Å². The van der Waals surface area contributed by atoms with Gasteiger partial charge in [0.05, 0.1) is 29.7 Å². The van der Waals surface area contributed by atoms with Crippen molar-refractivity contribution in [1.82, 2.24) is 24.6 Å². The number of likely N-dealkylation sites (tertiary alicyclic amines) is 1. The first-order valence-electron chi connectivity index (χ1n) is 11.9. The van der Waals surface area contributed by atoms with Crippen molar-refractivity contribution in [3.63, 3.8) is 0 Å². The fraction of sp³-hybridized carbons (Fsp3) is 0.542. The summed E-state index contributed by atoms with van der Waals surface area (Å²) in [7, 11) is 0. The van der Waals surface area contributed by atoms with E-state index in [1.54, 1.807) is 19.3 Å². The molecule has 0 amide bonds. The maximum Gasteiger partial charge on any atom is 0.272 e. The lowest BCUT2D eigenvalue weighted by molar-refractivity contribution is 0.0979. The second-order valence-electron chi connectivity index (χ2n) is 9.65. The molecule has 180 valence electrons. The quantitative estimate of drug-likeness (QED) is 0.540. The number of anilines is 2. The zero-order valence-electron chi connectivity index (χ0n) is 19.0. The number of aromatic nitrogens is 4. The van der Waals surface area contributed by atoms with Crippen LogP contribution in [0.2, 0.25) is 5.02 Å². The van der Waals surface area contributed by atoms with Gasteiger partial charge in [0.15, 0.2) is 0 Å². The van der Waals surface area contributed by atoms with Crippen LogP contribution < -0.4 is 5.32 Å². The minimum atomic E-state index is -2.68. The number of hydrogen-bond donors (Lipinski definition) is 1. The van der Waals surface area contributed by atoms with Crippen molar-refractivity contribution in [1.29, 1.82) is 0 Å². The van der Waals surface area contributed by atoms with Gasteiger partial charge in [0.25, 0.3) is 5.92 Å². The lowest BCUT2D eigenvalue weighted by Crippen LogP contribution is -2.41. The molecule has 6 rings (SSSR count). The van der Waals surface area contributed by atoms with Crippen molar-refractivity contribution in [3.05, 3.63) is 40.8 Å². The summed E-state index contributed by atoms with van der Waals surface area (Å²) in [4.78, 5) is 11.6. The Bertz CT molecular complexity index is 1220. The third-order valence-electron chi connectivity index (χ3n) is 7.47. The maximum atomic E-state index is 13.5. The van der Waals surface area contributed by atoms with Crippen molar-refractivity contribution in [3.8, 4) is 0 Å². The first-order chi connectivity index (χ1) is 16.4. The van der Waals surface area contributed by atoms with Crippen LogP contribution in [0.5, 0.6) is 0 Å². The van der Waals surface area contributed by atoms with E-state index in [9.17, 15) is 8.78 Å². The molecule has 3 aliphatic rings. The Kier molecular flexibility index (Phi) is 5.46. The van der Waals surface area contributed by atoms with Crippen LogP contribution >= 0.6 is 11.6 Å². The summed E-state index contributed by atoms with van der Waals surface area (Å²) in [6.45, 7) is 5.58. The standard InChI is InChI=1S/C24H27ClF2N6O/c1-14-21(12-29-33(14)22-10-24(22,26)27)31-23-28-11-16-8-19(25)18(9-20(16)30-23)15-2-5-32(6-3-15)17-4-7-34-13-17/h8-9,11-12,15,17,22H,2-7,10,13H2,1H3,(H,28,30,31). The summed E-state index contributed by atoms with van der Waals surface area (Å²) in [5.41, 5.74) is 3.20. The van der Waals surface area contributed by atoms with E-state index in [0.717, 1.165) is 67.1 Å². The molecular weight excluding hydrogens is 462 g/mol. The third kappa shape index (κ3) is 4.03. The van der Waals surface area contributed by atoms with E-state index in [2.05, 4.69) is 26.4 Å². The summed E-state index contributed by atoms with van der Waals surface area (Å²) < 4.78 is 33.9. The van der Waals surface area contributed by atoms with E-state index in [1.165, 1.54) is 4.68 Å². The summed E-state index contributed by atoms with van der Waals surface area (Å²) in [6, 6.07) is 3.70. The van der Waals surface area contributed by atoms with Crippen LogP contribution in [0, 0.1) is 6.92 Å². The molecule has 2 unspecified atom stereocenters. The fourth-order valence-electron chi connectivity index (χ4n) is 5.27. The van der Waals surface area contributed by atoms with Crippen molar-refractivity contribution in [2.45, 2.75) is 56.5 Å². The van der Waals surface area contributed by atoms with Gasteiger partial charge in [-0.1, -0.05) is 11.6 Å². The summed E-state index contributed by atoms with van der Waals surface area (Å²) in [5.74, 6) is -1.88. The predicted octanol–water partition coefficient (Wildman–Crippen LogP) is 5.08. The van der Waals surface area contributed by atoms with Crippen LogP contribution in [-0.4, -0.2) is 62.9 Å². The first kappa shape index (κ1) is 22.1. The van der Waals surface area contributed by atoms with Gasteiger partial charge in [0.1, 0.15) is 6.04 Å². The maximum absolute atomic E-state index is 13.5. The number of halogens is 3. The number of piperidine rings is 1. The van der Waals surface area contributed by atoms with Gasteiger partial charge in [-0.2, -0.15) is 5.10 Å².